The average molecular weight is 699 g/mol. The number of aromatic nitrogens is 4. The van der Waals surface area contributed by atoms with Gasteiger partial charge in [-0.25, -0.2) is 18.7 Å². The fourth-order valence-electron chi connectivity index (χ4n) is 7.77. The van der Waals surface area contributed by atoms with Gasteiger partial charge < -0.3 is 29.2 Å². The van der Waals surface area contributed by atoms with E-state index in [9.17, 15) is 23.5 Å². The number of nitrogens with zero attached hydrogens (tertiary/aromatic N) is 7. The zero-order chi connectivity index (χ0) is 35.4. The van der Waals surface area contributed by atoms with Gasteiger partial charge >= 0.3 is 0 Å². The number of nitrogens with one attached hydrogen (secondary N) is 1. The highest BCUT2D eigenvalue weighted by molar-refractivity contribution is 6.06. The summed E-state index contributed by atoms with van der Waals surface area (Å²) in [7, 11) is 1.65. The maximum absolute atomic E-state index is 14.2. The van der Waals surface area contributed by atoms with Gasteiger partial charge in [0.25, 0.3) is 17.4 Å². The smallest absolute Gasteiger partial charge is 0.276 e. The number of fused-ring (bicyclic) bond motifs is 3. The molecule has 1 atom stereocenters. The monoisotopic (exact) mass is 698 g/mol. The van der Waals surface area contributed by atoms with Gasteiger partial charge in [-0.3, -0.25) is 19.4 Å². The van der Waals surface area contributed by atoms with Crippen LogP contribution in [0, 0.1) is 0 Å². The Balaban J connectivity index is 1.04. The summed E-state index contributed by atoms with van der Waals surface area (Å²) in [6, 6.07) is 9.58. The molecule has 0 aromatic carbocycles. The first-order chi connectivity index (χ1) is 24.6. The minimum atomic E-state index is -2.79. The highest BCUT2D eigenvalue weighted by atomic mass is 19.3. The number of anilines is 4. The van der Waals surface area contributed by atoms with Crippen LogP contribution in [-0.4, -0.2) is 92.4 Å². The molecule has 0 saturated carbocycles. The Bertz CT molecular complexity index is 2060. The van der Waals surface area contributed by atoms with Gasteiger partial charge in [0.05, 0.1) is 50.2 Å². The molecule has 4 aromatic heterocycles. The second-order valence-electron chi connectivity index (χ2n) is 13.7. The summed E-state index contributed by atoms with van der Waals surface area (Å²) in [5, 5.41) is 13.8. The second-order valence-corrected chi connectivity index (χ2v) is 13.7. The van der Waals surface area contributed by atoms with Crippen LogP contribution in [0.25, 0.3) is 11.1 Å². The molecule has 2 N–H and O–H groups in total. The molecule has 7 heterocycles. The molecule has 1 amide bonds. The molecule has 0 unspecified atom stereocenters. The van der Waals surface area contributed by atoms with E-state index >= 15 is 0 Å². The molecule has 2 fully saturated rings. The van der Waals surface area contributed by atoms with Crippen LogP contribution in [0.15, 0.2) is 66.4 Å². The SMILES string of the molecule is C=C[C@H]1CN(C2COC2)CCN1c1ccc(Nc2cc(-c3ccnc(N4CCn5c(cc6c5CC(F)(F)CC6)C4=O)c3CO)cn(C)c2=O)nc1. The van der Waals surface area contributed by atoms with E-state index in [1.165, 1.54) is 9.47 Å². The third-order valence-corrected chi connectivity index (χ3v) is 10.6. The van der Waals surface area contributed by atoms with E-state index in [-0.39, 0.29) is 54.8 Å². The molecule has 1 aliphatic carbocycles. The van der Waals surface area contributed by atoms with Gasteiger partial charge in [0.15, 0.2) is 0 Å². The number of rotatable bonds is 8. The molecule has 0 bridgehead atoms. The Kier molecular flexibility index (Phi) is 8.47. The molecule has 51 heavy (non-hydrogen) atoms. The molecule has 14 heteroatoms. The van der Waals surface area contributed by atoms with Crippen LogP contribution in [0.2, 0.25) is 0 Å². The fourth-order valence-corrected chi connectivity index (χ4v) is 7.77. The van der Waals surface area contributed by atoms with Crippen LogP contribution in [0.4, 0.5) is 31.8 Å². The third-order valence-electron chi connectivity index (χ3n) is 10.6. The molecule has 266 valence electrons. The molecule has 3 aliphatic heterocycles. The first-order valence-corrected chi connectivity index (χ1v) is 17.3. The lowest BCUT2D eigenvalue weighted by molar-refractivity contribution is -0.0682. The predicted octanol–water partition coefficient (Wildman–Crippen LogP) is 3.74. The van der Waals surface area contributed by atoms with E-state index in [1.807, 2.05) is 18.2 Å². The number of aryl methyl sites for hydroxylation is 2. The topological polar surface area (TPSA) is 121 Å². The summed E-state index contributed by atoms with van der Waals surface area (Å²) in [6.07, 6.45) is 6.60. The van der Waals surface area contributed by atoms with Crippen molar-refractivity contribution in [3.63, 3.8) is 0 Å². The number of hydrogen-bond acceptors (Lipinski definition) is 9. The van der Waals surface area contributed by atoms with Gasteiger partial charge in [-0.1, -0.05) is 6.08 Å². The lowest BCUT2D eigenvalue weighted by atomic mass is 9.94. The van der Waals surface area contributed by atoms with Crippen LogP contribution in [0.1, 0.15) is 33.7 Å². The molecular formula is C37H40F2N8O4. The highest BCUT2D eigenvalue weighted by Crippen LogP contribution is 2.38. The van der Waals surface area contributed by atoms with Gasteiger partial charge in [0, 0.05) is 75.4 Å². The van der Waals surface area contributed by atoms with Crippen molar-refractivity contribution in [1.82, 2.24) is 24.0 Å². The Labute approximate surface area is 293 Å². The van der Waals surface area contributed by atoms with Gasteiger partial charge in [0.1, 0.15) is 23.0 Å². The van der Waals surface area contributed by atoms with Crippen LogP contribution < -0.4 is 20.7 Å². The Hall–Kier alpha value is -4.92. The summed E-state index contributed by atoms with van der Waals surface area (Å²) < 4.78 is 37.0. The average Bonchev–Trinajstić information content (AvgIpc) is 3.47. The van der Waals surface area contributed by atoms with Crippen molar-refractivity contribution in [2.75, 3.05) is 54.5 Å². The first kappa shape index (κ1) is 33.2. The quantitative estimate of drug-likeness (QED) is 0.265. The number of carbonyl (C=O) groups is 1. The molecule has 0 spiro atoms. The van der Waals surface area contributed by atoms with E-state index in [2.05, 4.69) is 31.7 Å². The molecule has 4 aromatic rings. The van der Waals surface area contributed by atoms with Gasteiger partial charge in [-0.2, -0.15) is 0 Å². The van der Waals surface area contributed by atoms with Crippen molar-refractivity contribution in [2.45, 2.75) is 50.4 Å². The van der Waals surface area contributed by atoms with E-state index in [0.29, 0.717) is 46.5 Å². The Morgan fingerprint density at radius 2 is 1.96 bits per heavy atom. The molecule has 2 saturated heterocycles. The summed E-state index contributed by atoms with van der Waals surface area (Å²) in [5.74, 6) is -2.36. The highest BCUT2D eigenvalue weighted by Gasteiger charge is 2.40. The minimum Gasteiger partial charge on any atom is -0.392 e. The van der Waals surface area contributed by atoms with Crippen molar-refractivity contribution in [1.29, 1.82) is 0 Å². The Morgan fingerprint density at radius 3 is 2.69 bits per heavy atom. The summed E-state index contributed by atoms with van der Waals surface area (Å²) in [5.41, 5.74) is 4.26. The van der Waals surface area contributed by atoms with Crippen molar-refractivity contribution in [3.05, 3.63) is 94.4 Å². The van der Waals surface area contributed by atoms with Gasteiger partial charge in [0.2, 0.25) is 0 Å². The standard InChI is InChI=1S/C37H40F2N8O4/c1-3-25-19-44(27-21-51-22-27)10-11-45(25)26-4-5-33(41-17-26)42-30-14-24(18-43(2)35(30)49)28-7-9-40-34(29(28)20-48)47-13-12-46-31(36(47)50)15-23-6-8-37(38,39)16-32(23)46/h3-5,7,9,14-15,17-18,25,27,48H,1,6,8,10-13,16,19-22H2,2H3,(H,41,42)/t25-/m0/s1. The maximum Gasteiger partial charge on any atom is 0.276 e. The van der Waals surface area contributed by atoms with Crippen molar-refractivity contribution in [3.8, 4) is 11.1 Å². The number of alkyl halides is 2. The molecule has 12 nitrogen and oxygen atoms in total. The second kappa shape index (κ2) is 13.0. The number of aliphatic hydroxyl groups is 1. The Morgan fingerprint density at radius 1 is 1.12 bits per heavy atom. The zero-order valence-electron chi connectivity index (χ0n) is 28.4. The summed E-state index contributed by atoms with van der Waals surface area (Å²) >= 11 is 0. The summed E-state index contributed by atoms with van der Waals surface area (Å²) in [4.78, 5) is 42.5. The number of amides is 1. The van der Waals surface area contributed by atoms with E-state index in [4.69, 9.17) is 4.74 Å². The molecule has 0 radical (unpaired) electrons. The molecular weight excluding hydrogens is 658 g/mol. The molecule has 4 aliphatic rings. The number of pyridine rings is 3. The van der Waals surface area contributed by atoms with Crippen LogP contribution >= 0.6 is 0 Å². The van der Waals surface area contributed by atoms with E-state index in [0.717, 1.165) is 44.1 Å². The number of aliphatic hydroxyl groups excluding tert-OH is 1. The van der Waals surface area contributed by atoms with Crippen molar-refractivity contribution < 1.29 is 23.4 Å². The third kappa shape index (κ3) is 6.00. The number of hydrogen-bond donors (Lipinski definition) is 2. The van der Waals surface area contributed by atoms with Crippen LogP contribution in [0.3, 0.4) is 0 Å². The van der Waals surface area contributed by atoms with E-state index < -0.39 is 12.5 Å². The van der Waals surface area contributed by atoms with Crippen LogP contribution in [-0.2, 0) is 37.8 Å². The zero-order valence-corrected chi connectivity index (χ0v) is 28.4. The maximum atomic E-state index is 14.2. The first-order valence-electron chi connectivity index (χ1n) is 17.3. The van der Waals surface area contributed by atoms with Crippen molar-refractivity contribution >= 4 is 28.9 Å². The fraction of sp³-hybridized carbons (Fsp3) is 0.405. The van der Waals surface area contributed by atoms with Gasteiger partial charge in [-0.05, 0) is 47.9 Å². The lowest BCUT2D eigenvalue weighted by Crippen LogP contribution is -2.60. The lowest BCUT2D eigenvalue weighted by Gasteiger charge is -2.46. The van der Waals surface area contributed by atoms with E-state index in [1.54, 1.807) is 48.4 Å². The van der Waals surface area contributed by atoms with Gasteiger partial charge in [-0.15, -0.1) is 6.58 Å². The minimum absolute atomic E-state index is 0.138. The van der Waals surface area contributed by atoms with Crippen molar-refractivity contribution in [2.24, 2.45) is 7.05 Å². The van der Waals surface area contributed by atoms with Crippen LogP contribution in [0.5, 0.6) is 0 Å². The summed E-state index contributed by atoms with van der Waals surface area (Å²) in [6.45, 7) is 8.38. The largest absolute Gasteiger partial charge is 0.392 e. The number of carbonyl (C=O) groups excluding carboxylic acids is 1. The predicted molar refractivity (Wildman–Crippen MR) is 189 cm³/mol. The number of piperazine rings is 1. The normalized spacial score (nSPS) is 20.5. The number of ether oxygens (including phenoxy) is 1. The molecule has 8 rings (SSSR count). The number of halogens is 2.